The van der Waals surface area contributed by atoms with Gasteiger partial charge in [0.2, 0.25) is 5.91 Å². The second-order valence-electron chi connectivity index (χ2n) is 10.1. The Morgan fingerprint density at radius 3 is 2.15 bits per heavy atom. The second kappa shape index (κ2) is 16.7. The zero-order chi connectivity index (χ0) is 28.7. The lowest BCUT2D eigenvalue weighted by Crippen LogP contribution is -2.43. The first-order chi connectivity index (χ1) is 19.5. The second-order valence-corrected chi connectivity index (χ2v) is 11.1. The number of hydrogen-bond donors (Lipinski definition) is 0. The molecule has 0 bridgehead atoms. The Bertz CT molecular complexity index is 1180. The third-order valence-corrected chi connectivity index (χ3v) is 7.92. The molecule has 0 N–H and O–H groups in total. The molecule has 0 saturated carbocycles. The number of benzene rings is 2. The minimum Gasteiger partial charge on any atom is -0.493 e. The molecule has 0 saturated heterocycles. The van der Waals surface area contributed by atoms with Crippen molar-refractivity contribution in [2.45, 2.75) is 65.3 Å². The van der Waals surface area contributed by atoms with Crippen LogP contribution in [-0.4, -0.2) is 55.5 Å². The fourth-order valence-electron chi connectivity index (χ4n) is 4.62. The number of ether oxygens (including phenoxy) is 2. The van der Waals surface area contributed by atoms with Gasteiger partial charge in [-0.3, -0.25) is 9.59 Å². The van der Waals surface area contributed by atoms with E-state index in [-0.39, 0.29) is 18.4 Å². The molecule has 216 valence electrons. The summed E-state index contributed by atoms with van der Waals surface area (Å²) in [5.74, 6) is 1.22. The van der Waals surface area contributed by atoms with E-state index >= 15 is 0 Å². The van der Waals surface area contributed by atoms with E-state index in [0.29, 0.717) is 43.1 Å². The monoisotopic (exact) mass is 564 g/mol. The molecule has 2 amide bonds. The first-order valence-corrected chi connectivity index (χ1v) is 15.3. The predicted molar refractivity (Wildman–Crippen MR) is 163 cm³/mol. The Balaban J connectivity index is 1.73. The van der Waals surface area contributed by atoms with Gasteiger partial charge in [0.25, 0.3) is 5.91 Å². The molecule has 2 aromatic carbocycles. The van der Waals surface area contributed by atoms with Crippen molar-refractivity contribution in [3.8, 4) is 11.5 Å². The minimum absolute atomic E-state index is 0.0467. The predicted octanol–water partition coefficient (Wildman–Crippen LogP) is 7.01. The van der Waals surface area contributed by atoms with Crippen LogP contribution in [0.25, 0.3) is 0 Å². The Morgan fingerprint density at radius 1 is 0.775 bits per heavy atom. The van der Waals surface area contributed by atoms with Crippen LogP contribution in [0.2, 0.25) is 0 Å². The summed E-state index contributed by atoms with van der Waals surface area (Å²) in [5, 5.41) is 2.02. The van der Waals surface area contributed by atoms with E-state index in [4.69, 9.17) is 9.47 Å². The van der Waals surface area contributed by atoms with Crippen molar-refractivity contribution in [2.24, 2.45) is 0 Å². The number of nitrogens with zero attached hydrogens (tertiary/aromatic N) is 2. The third kappa shape index (κ3) is 9.40. The summed E-state index contributed by atoms with van der Waals surface area (Å²) < 4.78 is 10.8. The van der Waals surface area contributed by atoms with Gasteiger partial charge in [0, 0.05) is 23.5 Å². The van der Waals surface area contributed by atoms with Crippen LogP contribution < -0.4 is 9.47 Å². The van der Waals surface area contributed by atoms with Gasteiger partial charge in [0.15, 0.2) is 11.5 Å². The average molecular weight is 565 g/mol. The highest BCUT2D eigenvalue weighted by molar-refractivity contribution is 7.09. The average Bonchev–Trinajstić information content (AvgIpc) is 3.50. The smallest absolute Gasteiger partial charge is 0.254 e. The highest BCUT2D eigenvalue weighted by atomic mass is 32.1. The molecule has 0 unspecified atom stereocenters. The topological polar surface area (TPSA) is 59.1 Å². The van der Waals surface area contributed by atoms with Gasteiger partial charge in [-0.15, -0.1) is 11.3 Å². The number of methoxy groups -OCH3 is 2. The summed E-state index contributed by atoms with van der Waals surface area (Å²) >= 11 is 1.63. The van der Waals surface area contributed by atoms with Crippen LogP contribution in [0.15, 0.2) is 60.0 Å². The van der Waals surface area contributed by atoms with E-state index in [2.05, 4.69) is 26.0 Å². The van der Waals surface area contributed by atoms with Crippen LogP contribution >= 0.6 is 11.3 Å². The van der Waals surface area contributed by atoms with Gasteiger partial charge >= 0.3 is 0 Å². The molecule has 40 heavy (non-hydrogen) atoms. The molecule has 1 aromatic heterocycles. The van der Waals surface area contributed by atoms with Crippen molar-refractivity contribution in [3.63, 3.8) is 0 Å². The van der Waals surface area contributed by atoms with Crippen LogP contribution in [0.1, 0.15) is 72.3 Å². The molecule has 6 nitrogen and oxygen atoms in total. The maximum absolute atomic E-state index is 13.7. The minimum atomic E-state index is -0.0853. The fourth-order valence-corrected chi connectivity index (χ4v) is 5.34. The van der Waals surface area contributed by atoms with Crippen LogP contribution in [0.4, 0.5) is 0 Å². The molecular weight excluding hydrogens is 520 g/mol. The van der Waals surface area contributed by atoms with E-state index in [1.807, 2.05) is 52.7 Å². The molecule has 3 rings (SSSR count). The normalized spacial score (nSPS) is 10.8. The molecule has 0 spiro atoms. The Labute approximate surface area is 243 Å². The van der Waals surface area contributed by atoms with Crippen LogP contribution in [0, 0.1) is 0 Å². The lowest BCUT2D eigenvalue weighted by atomic mass is 10.0. The largest absolute Gasteiger partial charge is 0.493 e. The van der Waals surface area contributed by atoms with Crippen LogP contribution in [0.5, 0.6) is 11.5 Å². The molecule has 0 radical (unpaired) electrons. The van der Waals surface area contributed by atoms with E-state index in [0.717, 1.165) is 36.1 Å². The van der Waals surface area contributed by atoms with Crippen LogP contribution in [-0.2, 0) is 24.2 Å². The van der Waals surface area contributed by atoms with Crippen molar-refractivity contribution in [1.82, 2.24) is 9.80 Å². The molecule has 0 fully saturated rings. The maximum atomic E-state index is 13.7. The van der Waals surface area contributed by atoms with E-state index < -0.39 is 0 Å². The lowest BCUT2D eigenvalue weighted by Gasteiger charge is -2.28. The highest BCUT2D eigenvalue weighted by Crippen LogP contribution is 2.28. The first-order valence-electron chi connectivity index (χ1n) is 14.4. The standard InChI is InChI=1S/C33H44N2O4S/c1-5-7-9-11-26-13-16-28(17-14-26)33(37)35(20-8-6-2)25-32(36)34(24-29-12-10-22-40-29)21-19-27-15-18-30(38-3)31(23-27)39-4/h10,12-18,22-23H,5-9,11,19-21,24-25H2,1-4H3. The molecule has 7 heteroatoms. The maximum Gasteiger partial charge on any atom is 0.254 e. The molecule has 0 aliphatic carbocycles. The Kier molecular flexibility index (Phi) is 13.0. The molecule has 0 aliphatic rings. The number of aryl methyl sites for hydroxylation is 1. The van der Waals surface area contributed by atoms with E-state index in [1.165, 1.54) is 18.4 Å². The summed E-state index contributed by atoms with van der Waals surface area (Å²) in [6, 6.07) is 17.8. The van der Waals surface area contributed by atoms with Gasteiger partial charge in [-0.2, -0.15) is 0 Å². The van der Waals surface area contributed by atoms with Gasteiger partial charge in [0.1, 0.15) is 6.54 Å². The van der Waals surface area contributed by atoms with Crippen molar-refractivity contribution < 1.29 is 19.1 Å². The number of amides is 2. The van der Waals surface area contributed by atoms with Crippen molar-refractivity contribution in [2.75, 3.05) is 33.9 Å². The van der Waals surface area contributed by atoms with E-state index in [9.17, 15) is 9.59 Å². The summed E-state index contributed by atoms with van der Waals surface area (Å²) in [6.45, 7) is 5.98. The van der Waals surface area contributed by atoms with E-state index in [1.54, 1.807) is 30.5 Å². The highest BCUT2D eigenvalue weighted by Gasteiger charge is 2.23. The number of carbonyl (C=O) groups excluding carboxylic acids is 2. The molecule has 0 atom stereocenters. The number of carbonyl (C=O) groups is 2. The summed E-state index contributed by atoms with van der Waals surface area (Å²) in [5.41, 5.74) is 2.94. The van der Waals surface area contributed by atoms with Gasteiger partial charge in [0.05, 0.1) is 20.8 Å². The quantitative estimate of drug-likeness (QED) is 0.166. The number of unbranched alkanes of at least 4 members (excludes halogenated alkanes) is 3. The zero-order valence-corrected chi connectivity index (χ0v) is 25.3. The first kappa shape index (κ1) is 31.2. The SMILES string of the molecule is CCCCCc1ccc(C(=O)N(CCCC)CC(=O)N(CCc2ccc(OC)c(OC)c2)Cc2cccs2)cc1. The third-order valence-electron chi connectivity index (χ3n) is 7.06. The summed E-state index contributed by atoms with van der Waals surface area (Å²) in [4.78, 5) is 32.0. The summed E-state index contributed by atoms with van der Waals surface area (Å²) in [7, 11) is 3.24. The van der Waals surface area contributed by atoms with Gasteiger partial charge in [-0.05, 0) is 72.5 Å². The lowest BCUT2D eigenvalue weighted by molar-refractivity contribution is -0.132. The molecular formula is C33H44N2O4S. The van der Waals surface area contributed by atoms with Gasteiger partial charge in [-0.1, -0.05) is 57.4 Å². The molecule has 3 aromatic rings. The van der Waals surface area contributed by atoms with Gasteiger partial charge in [-0.25, -0.2) is 0 Å². The van der Waals surface area contributed by atoms with Gasteiger partial charge < -0.3 is 19.3 Å². The summed E-state index contributed by atoms with van der Waals surface area (Å²) in [6.07, 6.45) is 7.05. The fraction of sp³-hybridized carbons (Fsp3) is 0.455. The zero-order valence-electron chi connectivity index (χ0n) is 24.5. The molecule has 0 aliphatic heterocycles. The number of thiophene rings is 1. The Hall–Kier alpha value is -3.32. The Morgan fingerprint density at radius 2 is 1.50 bits per heavy atom. The number of rotatable bonds is 17. The van der Waals surface area contributed by atoms with Crippen LogP contribution in [0.3, 0.4) is 0 Å². The van der Waals surface area contributed by atoms with Crippen molar-refractivity contribution in [3.05, 3.63) is 81.5 Å². The number of hydrogen-bond acceptors (Lipinski definition) is 5. The molecule has 1 heterocycles. The van der Waals surface area contributed by atoms with Crippen molar-refractivity contribution in [1.29, 1.82) is 0 Å². The van der Waals surface area contributed by atoms with Crippen molar-refractivity contribution >= 4 is 23.2 Å².